The number of halogens is 1. The maximum atomic E-state index is 4.32. The van der Waals surface area contributed by atoms with Crippen molar-refractivity contribution >= 4 is 27.0 Å². The van der Waals surface area contributed by atoms with Gasteiger partial charge < -0.3 is 5.32 Å². The molecule has 0 aliphatic heterocycles. The topological polar surface area (TPSA) is 37.8 Å². The number of benzene rings is 2. The van der Waals surface area contributed by atoms with Gasteiger partial charge in [0.2, 0.25) is 0 Å². The van der Waals surface area contributed by atoms with Crippen molar-refractivity contribution in [3.05, 3.63) is 70.5 Å². The van der Waals surface area contributed by atoms with Gasteiger partial charge in [0.05, 0.1) is 11.0 Å². The molecule has 1 N–H and O–H groups in total. The Kier molecular flexibility index (Phi) is 4.04. The van der Waals surface area contributed by atoms with Gasteiger partial charge in [-0.15, -0.1) is 0 Å². The van der Waals surface area contributed by atoms with Crippen LogP contribution < -0.4 is 5.32 Å². The van der Waals surface area contributed by atoms with Gasteiger partial charge in [0.15, 0.2) is 0 Å². The molecular formula is C16H14BrN3. The fourth-order valence-corrected chi connectivity index (χ4v) is 2.53. The van der Waals surface area contributed by atoms with Crippen molar-refractivity contribution in [2.45, 2.75) is 13.1 Å². The minimum atomic E-state index is 0.813. The molecule has 3 aromatic rings. The molecule has 2 aromatic carbocycles. The van der Waals surface area contributed by atoms with Crippen molar-refractivity contribution in [3.63, 3.8) is 0 Å². The van der Waals surface area contributed by atoms with Crippen LogP contribution in [0.25, 0.3) is 11.0 Å². The Labute approximate surface area is 126 Å². The standard InChI is InChI=1S/C16H14BrN3/c17-14-4-2-1-3-13(14)11-18-10-12-5-6-15-16(9-12)20-8-7-19-15/h1-9,18H,10-11H2. The molecule has 3 nitrogen and oxygen atoms in total. The average Bonchev–Trinajstić information content (AvgIpc) is 2.49. The zero-order valence-electron chi connectivity index (χ0n) is 10.9. The highest BCUT2D eigenvalue weighted by Crippen LogP contribution is 2.16. The van der Waals surface area contributed by atoms with Crippen LogP contribution in [0.4, 0.5) is 0 Å². The summed E-state index contributed by atoms with van der Waals surface area (Å²) in [4.78, 5) is 8.60. The lowest BCUT2D eigenvalue weighted by molar-refractivity contribution is 0.692. The fraction of sp³-hybridized carbons (Fsp3) is 0.125. The minimum absolute atomic E-state index is 0.813. The van der Waals surface area contributed by atoms with Gasteiger partial charge in [0, 0.05) is 30.0 Å². The highest BCUT2D eigenvalue weighted by atomic mass is 79.9. The Morgan fingerprint density at radius 1 is 0.900 bits per heavy atom. The van der Waals surface area contributed by atoms with E-state index in [0.717, 1.165) is 28.6 Å². The molecule has 0 saturated carbocycles. The summed E-state index contributed by atoms with van der Waals surface area (Å²) >= 11 is 3.56. The molecule has 0 radical (unpaired) electrons. The van der Waals surface area contributed by atoms with E-state index >= 15 is 0 Å². The summed E-state index contributed by atoms with van der Waals surface area (Å²) in [6.07, 6.45) is 3.44. The summed E-state index contributed by atoms with van der Waals surface area (Å²) in [7, 11) is 0. The number of nitrogens with one attached hydrogen (secondary N) is 1. The molecule has 1 heterocycles. The third-order valence-corrected chi connectivity index (χ3v) is 3.91. The summed E-state index contributed by atoms with van der Waals surface area (Å²) in [6, 6.07) is 14.4. The second kappa shape index (κ2) is 6.11. The predicted molar refractivity (Wildman–Crippen MR) is 84.2 cm³/mol. The van der Waals surface area contributed by atoms with E-state index in [9.17, 15) is 0 Å². The molecule has 0 amide bonds. The average molecular weight is 328 g/mol. The zero-order valence-corrected chi connectivity index (χ0v) is 12.5. The van der Waals surface area contributed by atoms with Crippen LogP contribution in [0.5, 0.6) is 0 Å². The molecule has 4 heteroatoms. The lowest BCUT2D eigenvalue weighted by Crippen LogP contribution is -2.13. The molecule has 0 unspecified atom stereocenters. The van der Waals surface area contributed by atoms with Crippen molar-refractivity contribution in [2.75, 3.05) is 0 Å². The van der Waals surface area contributed by atoms with Crippen molar-refractivity contribution < 1.29 is 0 Å². The van der Waals surface area contributed by atoms with Gasteiger partial charge in [0.25, 0.3) is 0 Å². The van der Waals surface area contributed by atoms with E-state index in [1.54, 1.807) is 12.4 Å². The predicted octanol–water partition coefficient (Wildman–Crippen LogP) is 3.68. The lowest BCUT2D eigenvalue weighted by atomic mass is 10.2. The third-order valence-electron chi connectivity index (χ3n) is 3.14. The fourth-order valence-electron chi connectivity index (χ4n) is 2.10. The van der Waals surface area contributed by atoms with Crippen molar-refractivity contribution in [1.82, 2.24) is 15.3 Å². The van der Waals surface area contributed by atoms with E-state index in [1.807, 2.05) is 18.2 Å². The number of nitrogens with zero attached hydrogens (tertiary/aromatic N) is 2. The molecule has 0 atom stereocenters. The highest BCUT2D eigenvalue weighted by molar-refractivity contribution is 9.10. The van der Waals surface area contributed by atoms with Gasteiger partial charge >= 0.3 is 0 Å². The molecule has 0 fully saturated rings. The molecule has 0 spiro atoms. The van der Waals surface area contributed by atoms with Gasteiger partial charge in [-0.05, 0) is 29.3 Å². The number of fused-ring (bicyclic) bond motifs is 1. The van der Waals surface area contributed by atoms with Crippen LogP contribution in [-0.4, -0.2) is 9.97 Å². The van der Waals surface area contributed by atoms with E-state index in [4.69, 9.17) is 0 Å². The SMILES string of the molecule is Brc1ccccc1CNCc1ccc2nccnc2c1. The van der Waals surface area contributed by atoms with Crippen molar-refractivity contribution in [1.29, 1.82) is 0 Å². The Balaban J connectivity index is 1.67. The quantitative estimate of drug-likeness (QED) is 0.794. The monoisotopic (exact) mass is 327 g/mol. The first-order valence-electron chi connectivity index (χ1n) is 6.47. The summed E-state index contributed by atoms with van der Waals surface area (Å²) in [5.74, 6) is 0. The molecule has 20 heavy (non-hydrogen) atoms. The van der Waals surface area contributed by atoms with Crippen LogP contribution in [0, 0.1) is 0 Å². The largest absolute Gasteiger partial charge is 0.309 e. The van der Waals surface area contributed by atoms with Crippen LogP contribution in [0.15, 0.2) is 59.3 Å². The lowest BCUT2D eigenvalue weighted by Gasteiger charge is -2.07. The third kappa shape index (κ3) is 3.03. The van der Waals surface area contributed by atoms with Crippen LogP contribution in [0.1, 0.15) is 11.1 Å². The Hall–Kier alpha value is -1.78. The van der Waals surface area contributed by atoms with E-state index in [-0.39, 0.29) is 0 Å². The molecule has 100 valence electrons. The molecule has 0 aliphatic rings. The first-order chi connectivity index (χ1) is 9.83. The first-order valence-corrected chi connectivity index (χ1v) is 7.26. The summed E-state index contributed by atoms with van der Waals surface area (Å²) < 4.78 is 1.14. The highest BCUT2D eigenvalue weighted by Gasteiger charge is 2.00. The van der Waals surface area contributed by atoms with Crippen LogP contribution in [0.2, 0.25) is 0 Å². The first kappa shape index (κ1) is 13.2. The van der Waals surface area contributed by atoms with Gasteiger partial charge in [-0.3, -0.25) is 9.97 Å². The van der Waals surface area contributed by atoms with Gasteiger partial charge in [-0.25, -0.2) is 0 Å². The smallest absolute Gasteiger partial charge is 0.0890 e. The molecule has 0 aliphatic carbocycles. The van der Waals surface area contributed by atoms with E-state index in [2.05, 4.69) is 55.5 Å². The molecule has 0 saturated heterocycles. The number of hydrogen-bond donors (Lipinski definition) is 1. The normalized spacial score (nSPS) is 10.8. The summed E-state index contributed by atoms with van der Waals surface area (Å²) in [5, 5.41) is 3.45. The van der Waals surface area contributed by atoms with Gasteiger partial charge in [-0.2, -0.15) is 0 Å². The van der Waals surface area contributed by atoms with E-state index < -0.39 is 0 Å². The van der Waals surface area contributed by atoms with Gasteiger partial charge in [-0.1, -0.05) is 40.2 Å². The Morgan fingerprint density at radius 2 is 1.70 bits per heavy atom. The summed E-state index contributed by atoms with van der Waals surface area (Å²) in [6.45, 7) is 1.65. The van der Waals surface area contributed by atoms with E-state index in [1.165, 1.54) is 11.1 Å². The zero-order chi connectivity index (χ0) is 13.8. The van der Waals surface area contributed by atoms with Gasteiger partial charge in [0.1, 0.15) is 0 Å². The molecule has 0 bridgehead atoms. The van der Waals surface area contributed by atoms with Crippen LogP contribution in [0.3, 0.4) is 0 Å². The number of hydrogen-bond acceptors (Lipinski definition) is 3. The molecule has 1 aromatic heterocycles. The maximum Gasteiger partial charge on any atom is 0.0890 e. The van der Waals surface area contributed by atoms with E-state index in [0.29, 0.717) is 0 Å². The second-order valence-electron chi connectivity index (χ2n) is 4.57. The minimum Gasteiger partial charge on any atom is -0.309 e. The Bertz CT molecular complexity index is 727. The number of aromatic nitrogens is 2. The van der Waals surface area contributed by atoms with Crippen molar-refractivity contribution in [3.8, 4) is 0 Å². The molecule has 3 rings (SSSR count). The van der Waals surface area contributed by atoms with Crippen LogP contribution in [-0.2, 0) is 13.1 Å². The Morgan fingerprint density at radius 3 is 2.55 bits per heavy atom. The maximum absolute atomic E-state index is 4.32. The second-order valence-corrected chi connectivity index (χ2v) is 5.43. The van der Waals surface area contributed by atoms with Crippen LogP contribution >= 0.6 is 15.9 Å². The molecular weight excluding hydrogens is 314 g/mol. The van der Waals surface area contributed by atoms with Crippen molar-refractivity contribution in [2.24, 2.45) is 0 Å². The summed E-state index contributed by atoms with van der Waals surface area (Å²) in [5.41, 5.74) is 4.34. The number of rotatable bonds is 4.